The van der Waals surface area contributed by atoms with Gasteiger partial charge >= 0.3 is 12.1 Å². The van der Waals surface area contributed by atoms with Crippen molar-refractivity contribution in [3.63, 3.8) is 0 Å². The number of carbonyl (C=O) groups is 3. The number of amides is 2. The van der Waals surface area contributed by atoms with Crippen molar-refractivity contribution in [3.05, 3.63) is 59.7 Å². The molecule has 0 aromatic heterocycles. The fraction of sp³-hybridized carbons (Fsp3) is 0.444. The molecule has 1 saturated carbocycles. The molecule has 2 aromatic rings. The lowest BCUT2D eigenvalue weighted by molar-refractivity contribution is -0.145. The molecule has 2 amide bonds. The van der Waals surface area contributed by atoms with Crippen molar-refractivity contribution in [2.45, 2.75) is 51.5 Å². The first-order valence-electron chi connectivity index (χ1n) is 11.9. The highest BCUT2D eigenvalue weighted by Gasteiger charge is 2.43. The van der Waals surface area contributed by atoms with Gasteiger partial charge in [0.1, 0.15) is 12.6 Å². The van der Waals surface area contributed by atoms with Gasteiger partial charge in [-0.3, -0.25) is 4.79 Å². The lowest BCUT2D eigenvalue weighted by Crippen LogP contribution is -2.53. The van der Waals surface area contributed by atoms with Gasteiger partial charge in [0.2, 0.25) is 5.91 Å². The molecule has 0 radical (unpaired) electrons. The molecule has 0 aliphatic heterocycles. The van der Waals surface area contributed by atoms with E-state index in [0.717, 1.165) is 35.1 Å². The Morgan fingerprint density at radius 2 is 1.56 bits per heavy atom. The van der Waals surface area contributed by atoms with Crippen LogP contribution in [-0.4, -0.2) is 42.3 Å². The Hall–Kier alpha value is -3.35. The summed E-state index contributed by atoms with van der Waals surface area (Å²) in [5.41, 5.74) is 3.78. The number of hydrogen-bond acceptors (Lipinski definition) is 4. The number of fused-ring (bicyclic) bond motifs is 3. The van der Waals surface area contributed by atoms with Crippen LogP contribution < -0.4 is 10.6 Å². The minimum Gasteiger partial charge on any atom is -0.480 e. The number of aliphatic carboxylic acids is 1. The molecular formula is C27H32N2O5. The minimum absolute atomic E-state index is 0.0377. The Morgan fingerprint density at radius 3 is 2.09 bits per heavy atom. The molecule has 2 aliphatic rings. The second-order valence-electron chi connectivity index (χ2n) is 9.70. The second-order valence-corrected chi connectivity index (χ2v) is 9.70. The molecule has 0 unspecified atom stereocenters. The van der Waals surface area contributed by atoms with E-state index in [2.05, 4.69) is 34.9 Å². The molecule has 1 fully saturated rings. The molecule has 1 atom stereocenters. The van der Waals surface area contributed by atoms with Gasteiger partial charge in [0.05, 0.1) is 5.41 Å². The average molecular weight is 465 g/mol. The van der Waals surface area contributed by atoms with E-state index in [1.807, 2.05) is 24.3 Å². The minimum atomic E-state index is -1.05. The Balaban J connectivity index is 1.38. The zero-order chi connectivity index (χ0) is 24.3. The quantitative estimate of drug-likeness (QED) is 0.540. The number of carboxylic acid groups (broad SMARTS) is 1. The summed E-state index contributed by atoms with van der Waals surface area (Å²) < 4.78 is 5.61. The molecule has 2 aromatic carbocycles. The average Bonchev–Trinajstić information content (AvgIpc) is 3.43. The summed E-state index contributed by atoms with van der Waals surface area (Å²) in [7, 11) is 0. The van der Waals surface area contributed by atoms with Gasteiger partial charge in [0, 0.05) is 12.5 Å². The van der Waals surface area contributed by atoms with Crippen molar-refractivity contribution in [2.24, 2.45) is 11.3 Å². The van der Waals surface area contributed by atoms with Gasteiger partial charge in [0.25, 0.3) is 0 Å². The van der Waals surface area contributed by atoms with Crippen LogP contribution in [-0.2, 0) is 14.3 Å². The lowest BCUT2D eigenvalue weighted by Gasteiger charge is -2.30. The normalized spacial score (nSPS) is 17.0. The summed E-state index contributed by atoms with van der Waals surface area (Å²) in [6, 6.07) is 15.3. The van der Waals surface area contributed by atoms with E-state index < -0.39 is 23.5 Å². The van der Waals surface area contributed by atoms with Crippen LogP contribution in [0.4, 0.5) is 4.79 Å². The molecule has 4 rings (SSSR count). The molecule has 0 saturated heterocycles. The maximum absolute atomic E-state index is 13.1. The van der Waals surface area contributed by atoms with Gasteiger partial charge in [-0.2, -0.15) is 0 Å². The van der Waals surface area contributed by atoms with Crippen molar-refractivity contribution in [2.75, 3.05) is 13.2 Å². The van der Waals surface area contributed by atoms with E-state index in [-0.39, 0.29) is 30.9 Å². The third-order valence-corrected chi connectivity index (χ3v) is 7.18. The third kappa shape index (κ3) is 4.65. The third-order valence-electron chi connectivity index (χ3n) is 7.18. The van der Waals surface area contributed by atoms with Crippen LogP contribution in [0, 0.1) is 11.3 Å². The monoisotopic (exact) mass is 464 g/mol. The summed E-state index contributed by atoms with van der Waals surface area (Å²) in [6.45, 7) is 3.85. The van der Waals surface area contributed by atoms with Gasteiger partial charge in [-0.1, -0.05) is 75.2 Å². The van der Waals surface area contributed by atoms with Crippen molar-refractivity contribution < 1.29 is 24.2 Å². The Morgan fingerprint density at radius 1 is 1.00 bits per heavy atom. The van der Waals surface area contributed by atoms with Crippen LogP contribution >= 0.6 is 0 Å². The Bertz CT molecular complexity index is 1030. The molecule has 2 aliphatic carbocycles. The lowest BCUT2D eigenvalue weighted by atomic mass is 9.84. The predicted octanol–water partition coefficient (Wildman–Crippen LogP) is 4.31. The fourth-order valence-electron chi connectivity index (χ4n) is 5.23. The van der Waals surface area contributed by atoms with E-state index in [4.69, 9.17) is 4.74 Å². The van der Waals surface area contributed by atoms with Crippen molar-refractivity contribution >= 4 is 18.0 Å². The number of nitrogens with one attached hydrogen (secondary N) is 2. The van der Waals surface area contributed by atoms with Gasteiger partial charge in [-0.05, 0) is 41.0 Å². The number of carbonyl (C=O) groups excluding carboxylic acids is 2. The SMILES string of the molecule is CC(C)[C@H](NC(=O)C1(CNC(=O)OCC2c3ccccc3-c3ccccc32)CCCC1)C(=O)O. The van der Waals surface area contributed by atoms with Crippen molar-refractivity contribution in [3.8, 4) is 11.1 Å². The standard InChI is InChI=1S/C27H32N2O5/c1-17(2)23(24(30)31)29-25(32)27(13-7-8-14-27)16-28-26(33)34-15-22-20-11-5-3-9-18(20)19-10-4-6-12-21(19)22/h3-6,9-12,17,22-23H,7-8,13-16H2,1-2H3,(H,28,33)(H,29,32)(H,30,31)/t23-/m0/s1. The van der Waals surface area contributed by atoms with E-state index in [9.17, 15) is 19.5 Å². The Labute approximate surface area is 199 Å². The molecule has 7 heteroatoms. The maximum atomic E-state index is 13.1. The van der Waals surface area contributed by atoms with E-state index in [1.54, 1.807) is 13.8 Å². The topological polar surface area (TPSA) is 105 Å². The molecular weight excluding hydrogens is 432 g/mol. The summed E-state index contributed by atoms with van der Waals surface area (Å²) in [5.74, 6) is -1.65. The zero-order valence-electron chi connectivity index (χ0n) is 19.7. The van der Waals surface area contributed by atoms with Crippen LogP contribution in [0.15, 0.2) is 48.5 Å². The van der Waals surface area contributed by atoms with E-state index in [0.29, 0.717) is 12.8 Å². The van der Waals surface area contributed by atoms with Crippen LogP contribution in [0.3, 0.4) is 0 Å². The molecule has 0 bridgehead atoms. The number of alkyl carbamates (subject to hydrolysis) is 1. The summed E-state index contributed by atoms with van der Waals surface area (Å²) >= 11 is 0. The molecule has 180 valence electrons. The van der Waals surface area contributed by atoms with Crippen LogP contribution in [0.1, 0.15) is 56.6 Å². The maximum Gasteiger partial charge on any atom is 0.407 e. The van der Waals surface area contributed by atoms with Crippen molar-refractivity contribution in [1.82, 2.24) is 10.6 Å². The summed E-state index contributed by atoms with van der Waals surface area (Å²) in [5, 5.41) is 14.9. The molecule has 0 heterocycles. The number of carboxylic acids is 1. The van der Waals surface area contributed by atoms with Gasteiger partial charge in [0.15, 0.2) is 0 Å². The smallest absolute Gasteiger partial charge is 0.407 e. The van der Waals surface area contributed by atoms with E-state index in [1.165, 1.54) is 0 Å². The van der Waals surface area contributed by atoms with Gasteiger partial charge < -0.3 is 20.5 Å². The number of benzene rings is 2. The zero-order valence-corrected chi connectivity index (χ0v) is 19.7. The van der Waals surface area contributed by atoms with Gasteiger partial charge in [-0.25, -0.2) is 9.59 Å². The highest BCUT2D eigenvalue weighted by atomic mass is 16.5. The fourth-order valence-corrected chi connectivity index (χ4v) is 5.23. The number of ether oxygens (including phenoxy) is 1. The van der Waals surface area contributed by atoms with Gasteiger partial charge in [-0.15, -0.1) is 0 Å². The first-order valence-corrected chi connectivity index (χ1v) is 11.9. The summed E-state index contributed by atoms with van der Waals surface area (Å²) in [6.07, 6.45) is 2.36. The van der Waals surface area contributed by atoms with Crippen LogP contribution in [0.25, 0.3) is 11.1 Å². The second kappa shape index (κ2) is 9.87. The van der Waals surface area contributed by atoms with Crippen molar-refractivity contribution in [1.29, 1.82) is 0 Å². The molecule has 34 heavy (non-hydrogen) atoms. The number of hydrogen-bond donors (Lipinski definition) is 3. The number of rotatable bonds is 8. The van der Waals surface area contributed by atoms with Crippen LogP contribution in [0.2, 0.25) is 0 Å². The summed E-state index contributed by atoms with van der Waals surface area (Å²) in [4.78, 5) is 37.2. The first kappa shape index (κ1) is 23.8. The highest BCUT2D eigenvalue weighted by Crippen LogP contribution is 2.44. The molecule has 3 N–H and O–H groups in total. The largest absolute Gasteiger partial charge is 0.480 e. The first-order chi connectivity index (χ1) is 16.3. The highest BCUT2D eigenvalue weighted by molar-refractivity contribution is 5.88. The molecule has 7 nitrogen and oxygen atoms in total. The van der Waals surface area contributed by atoms with Crippen LogP contribution in [0.5, 0.6) is 0 Å². The van der Waals surface area contributed by atoms with E-state index >= 15 is 0 Å². The Kier molecular flexibility index (Phi) is 6.91. The predicted molar refractivity (Wildman–Crippen MR) is 128 cm³/mol. The molecule has 0 spiro atoms.